The third kappa shape index (κ3) is 2.73. The van der Waals surface area contributed by atoms with E-state index in [2.05, 4.69) is 9.97 Å². The highest BCUT2D eigenvalue weighted by molar-refractivity contribution is 7.18. The predicted octanol–water partition coefficient (Wildman–Crippen LogP) is 2.03. The van der Waals surface area contributed by atoms with Gasteiger partial charge in [0.1, 0.15) is 17.0 Å². The van der Waals surface area contributed by atoms with Crippen LogP contribution in [0.5, 0.6) is 0 Å². The van der Waals surface area contributed by atoms with Gasteiger partial charge in [-0.05, 0) is 13.0 Å². The van der Waals surface area contributed by atoms with Crippen LogP contribution in [0.4, 0.5) is 14.6 Å². The minimum atomic E-state index is -2.42. The first-order valence-electron chi connectivity index (χ1n) is 5.56. The van der Waals surface area contributed by atoms with Crippen LogP contribution in [0.2, 0.25) is 0 Å². The van der Waals surface area contributed by atoms with Crippen LogP contribution in [0.15, 0.2) is 12.4 Å². The average molecular weight is 272 g/mol. The number of halogens is 2. The maximum absolute atomic E-state index is 12.6. The van der Waals surface area contributed by atoms with Crippen LogP contribution in [0.25, 0.3) is 10.2 Å². The zero-order valence-corrected chi connectivity index (χ0v) is 10.8. The summed E-state index contributed by atoms with van der Waals surface area (Å²) < 4.78 is 25.2. The maximum atomic E-state index is 12.6. The van der Waals surface area contributed by atoms with Crippen LogP contribution in [0.1, 0.15) is 4.88 Å². The molecule has 2 N–H and O–H groups in total. The number of aryl methyl sites for hydroxylation is 1. The SMILES string of the molecule is Cc1cc2c(N(CCN)CC(F)F)ncnc2s1. The second kappa shape index (κ2) is 5.53. The summed E-state index contributed by atoms with van der Waals surface area (Å²) in [7, 11) is 0. The first-order chi connectivity index (χ1) is 8.61. The number of aromatic nitrogens is 2. The van der Waals surface area contributed by atoms with E-state index in [1.165, 1.54) is 22.6 Å². The Morgan fingerprint density at radius 2 is 2.22 bits per heavy atom. The second-order valence-electron chi connectivity index (χ2n) is 3.90. The van der Waals surface area contributed by atoms with E-state index in [1.54, 1.807) is 0 Å². The maximum Gasteiger partial charge on any atom is 0.255 e. The van der Waals surface area contributed by atoms with Crippen molar-refractivity contribution in [3.8, 4) is 0 Å². The molecule has 2 rings (SSSR count). The molecule has 0 aromatic carbocycles. The highest BCUT2D eigenvalue weighted by Crippen LogP contribution is 2.29. The lowest BCUT2D eigenvalue weighted by Gasteiger charge is -2.22. The van der Waals surface area contributed by atoms with Gasteiger partial charge in [-0.2, -0.15) is 0 Å². The van der Waals surface area contributed by atoms with Crippen LogP contribution >= 0.6 is 11.3 Å². The zero-order chi connectivity index (χ0) is 13.1. The Balaban J connectivity index is 2.42. The van der Waals surface area contributed by atoms with Crippen molar-refractivity contribution in [2.45, 2.75) is 13.3 Å². The molecule has 0 amide bonds. The molecule has 0 unspecified atom stereocenters. The second-order valence-corrected chi connectivity index (χ2v) is 5.13. The van der Waals surface area contributed by atoms with E-state index in [1.807, 2.05) is 13.0 Å². The number of alkyl halides is 2. The monoisotopic (exact) mass is 272 g/mol. The van der Waals surface area contributed by atoms with E-state index >= 15 is 0 Å². The number of nitrogens with zero attached hydrogens (tertiary/aromatic N) is 3. The van der Waals surface area contributed by atoms with Gasteiger partial charge in [0.25, 0.3) is 6.43 Å². The minimum absolute atomic E-state index is 0.307. The van der Waals surface area contributed by atoms with Gasteiger partial charge < -0.3 is 10.6 Å². The van der Waals surface area contributed by atoms with Gasteiger partial charge in [-0.3, -0.25) is 0 Å². The van der Waals surface area contributed by atoms with Crippen LogP contribution in [-0.4, -0.2) is 36.0 Å². The molecule has 0 radical (unpaired) electrons. The zero-order valence-electron chi connectivity index (χ0n) is 9.94. The number of rotatable bonds is 5. The topological polar surface area (TPSA) is 55.0 Å². The van der Waals surface area contributed by atoms with E-state index in [9.17, 15) is 8.78 Å². The normalized spacial score (nSPS) is 11.4. The third-order valence-corrected chi connectivity index (χ3v) is 3.45. The molecule has 0 bridgehead atoms. The molecule has 0 aliphatic carbocycles. The Hall–Kier alpha value is -1.34. The summed E-state index contributed by atoms with van der Waals surface area (Å²) in [5.41, 5.74) is 5.46. The molecule has 0 spiro atoms. The molecule has 0 aliphatic rings. The Bertz CT molecular complexity index is 529. The fourth-order valence-electron chi connectivity index (χ4n) is 1.82. The van der Waals surface area contributed by atoms with Crippen molar-refractivity contribution in [1.82, 2.24) is 9.97 Å². The quantitative estimate of drug-likeness (QED) is 0.905. The van der Waals surface area contributed by atoms with Gasteiger partial charge in [0, 0.05) is 18.0 Å². The lowest BCUT2D eigenvalue weighted by atomic mass is 10.3. The van der Waals surface area contributed by atoms with Gasteiger partial charge in [0.05, 0.1) is 11.9 Å². The van der Waals surface area contributed by atoms with Gasteiger partial charge in [0.15, 0.2) is 0 Å². The van der Waals surface area contributed by atoms with E-state index in [4.69, 9.17) is 5.73 Å². The molecule has 2 aromatic heterocycles. The van der Waals surface area contributed by atoms with Crippen molar-refractivity contribution in [3.63, 3.8) is 0 Å². The summed E-state index contributed by atoms with van der Waals surface area (Å²) >= 11 is 1.52. The fraction of sp³-hybridized carbons (Fsp3) is 0.455. The number of thiophene rings is 1. The van der Waals surface area contributed by atoms with E-state index in [-0.39, 0.29) is 6.54 Å². The summed E-state index contributed by atoms with van der Waals surface area (Å²) in [6.45, 7) is 2.25. The number of hydrogen-bond acceptors (Lipinski definition) is 5. The molecule has 2 aromatic rings. The first-order valence-corrected chi connectivity index (χ1v) is 6.37. The molecule has 0 saturated carbocycles. The third-order valence-electron chi connectivity index (χ3n) is 2.49. The van der Waals surface area contributed by atoms with Gasteiger partial charge in [-0.25, -0.2) is 18.7 Å². The van der Waals surface area contributed by atoms with Crippen molar-refractivity contribution >= 4 is 27.4 Å². The fourth-order valence-corrected chi connectivity index (χ4v) is 2.66. The number of nitrogens with two attached hydrogens (primary N) is 1. The smallest absolute Gasteiger partial charge is 0.255 e. The molecule has 0 saturated heterocycles. The molecule has 18 heavy (non-hydrogen) atoms. The van der Waals surface area contributed by atoms with E-state index in [0.29, 0.717) is 18.9 Å². The van der Waals surface area contributed by atoms with Crippen molar-refractivity contribution in [3.05, 3.63) is 17.3 Å². The van der Waals surface area contributed by atoms with Crippen LogP contribution in [0.3, 0.4) is 0 Å². The van der Waals surface area contributed by atoms with E-state index in [0.717, 1.165) is 15.1 Å². The summed E-state index contributed by atoms with van der Waals surface area (Å²) in [5.74, 6) is 0.537. The van der Waals surface area contributed by atoms with Crippen molar-refractivity contribution < 1.29 is 8.78 Å². The molecule has 0 aliphatic heterocycles. The molecule has 7 heteroatoms. The molecule has 0 fully saturated rings. The van der Waals surface area contributed by atoms with Gasteiger partial charge >= 0.3 is 0 Å². The van der Waals surface area contributed by atoms with E-state index < -0.39 is 6.43 Å². The standard InChI is InChI=1S/C11H14F2N4S/c1-7-4-8-10(15-6-16-11(8)18-7)17(3-2-14)5-9(12)13/h4,6,9H,2-3,5,14H2,1H3. The van der Waals surface area contributed by atoms with Crippen LogP contribution < -0.4 is 10.6 Å². The largest absolute Gasteiger partial charge is 0.349 e. The van der Waals surface area contributed by atoms with Crippen molar-refractivity contribution in [2.75, 3.05) is 24.5 Å². The minimum Gasteiger partial charge on any atom is -0.349 e. The van der Waals surface area contributed by atoms with Crippen molar-refractivity contribution in [2.24, 2.45) is 5.73 Å². The predicted molar refractivity (Wildman–Crippen MR) is 69.4 cm³/mol. The number of fused-ring (bicyclic) bond motifs is 1. The van der Waals surface area contributed by atoms with Crippen LogP contribution in [-0.2, 0) is 0 Å². The molecule has 0 atom stereocenters. The lowest BCUT2D eigenvalue weighted by Crippen LogP contribution is -2.34. The summed E-state index contributed by atoms with van der Waals surface area (Å²) in [5, 5.41) is 0.814. The van der Waals surface area contributed by atoms with Gasteiger partial charge in [-0.15, -0.1) is 11.3 Å². The highest BCUT2D eigenvalue weighted by atomic mass is 32.1. The molecular weight excluding hydrogens is 258 g/mol. The Morgan fingerprint density at radius 3 is 2.89 bits per heavy atom. The number of anilines is 1. The Labute approximate surface area is 107 Å². The molecular formula is C11H14F2N4S. The van der Waals surface area contributed by atoms with Gasteiger partial charge in [-0.1, -0.05) is 0 Å². The molecule has 4 nitrogen and oxygen atoms in total. The summed E-state index contributed by atoms with van der Waals surface area (Å²) in [4.78, 5) is 11.7. The Kier molecular flexibility index (Phi) is 4.03. The highest BCUT2D eigenvalue weighted by Gasteiger charge is 2.17. The lowest BCUT2D eigenvalue weighted by molar-refractivity contribution is 0.155. The Morgan fingerprint density at radius 1 is 1.44 bits per heavy atom. The van der Waals surface area contributed by atoms with Gasteiger partial charge in [0.2, 0.25) is 0 Å². The molecule has 2 heterocycles. The average Bonchev–Trinajstić information content (AvgIpc) is 2.67. The summed E-state index contributed by atoms with van der Waals surface area (Å²) in [6, 6.07) is 1.92. The van der Waals surface area contributed by atoms with Crippen molar-refractivity contribution in [1.29, 1.82) is 0 Å². The van der Waals surface area contributed by atoms with Crippen LogP contribution in [0, 0.1) is 6.92 Å². The first kappa shape index (κ1) is 13.1. The number of hydrogen-bond donors (Lipinski definition) is 1. The molecule has 98 valence electrons. The summed E-state index contributed by atoms with van der Waals surface area (Å²) in [6.07, 6.45) is -1.01.